The molecule has 1 aromatic heterocycles. The molecule has 1 heterocycles. The predicted octanol–water partition coefficient (Wildman–Crippen LogP) is 4.82. The first-order chi connectivity index (χ1) is 12.4. The number of hydrogen-bond acceptors (Lipinski definition) is 3. The summed E-state index contributed by atoms with van der Waals surface area (Å²) in [6, 6.07) is 12.0. The Morgan fingerprint density at radius 1 is 0.923 bits per heavy atom. The van der Waals surface area contributed by atoms with Gasteiger partial charge in [0.15, 0.2) is 10.4 Å². The summed E-state index contributed by atoms with van der Waals surface area (Å²) in [5.74, 6) is -2.62. The Kier molecular flexibility index (Phi) is 5.13. The van der Waals surface area contributed by atoms with E-state index in [-0.39, 0.29) is 17.0 Å². The molecule has 3 aromatic rings. The summed E-state index contributed by atoms with van der Waals surface area (Å²) < 4.78 is 32.1. The van der Waals surface area contributed by atoms with Crippen LogP contribution in [0.25, 0.3) is 0 Å². The van der Waals surface area contributed by atoms with Crippen LogP contribution >= 0.6 is 15.9 Å². The maximum absolute atomic E-state index is 13.6. The second kappa shape index (κ2) is 7.49. The van der Waals surface area contributed by atoms with Gasteiger partial charge in [0.2, 0.25) is 0 Å². The lowest BCUT2D eigenvalue weighted by molar-refractivity contribution is 0.0992. The fourth-order valence-electron chi connectivity index (χ4n) is 2.15. The van der Waals surface area contributed by atoms with E-state index in [9.17, 15) is 18.4 Å². The molecule has 2 aromatic carbocycles. The first-order valence-corrected chi connectivity index (χ1v) is 8.15. The van der Waals surface area contributed by atoms with Crippen LogP contribution in [-0.4, -0.2) is 11.8 Å². The molecule has 2 N–H and O–H groups in total. The topological polar surface area (TPSA) is 71.3 Å². The number of amides is 2. The van der Waals surface area contributed by atoms with Crippen molar-refractivity contribution in [2.45, 2.75) is 0 Å². The number of benzene rings is 2. The van der Waals surface area contributed by atoms with Crippen LogP contribution in [0.2, 0.25) is 0 Å². The van der Waals surface area contributed by atoms with Gasteiger partial charge >= 0.3 is 0 Å². The number of rotatable bonds is 4. The lowest BCUT2D eigenvalue weighted by atomic mass is 10.1. The SMILES string of the molecule is O=C(Nc1ccc(F)cc1F)c1cccc(NC(=O)c2ccc(Br)o2)c1. The van der Waals surface area contributed by atoms with E-state index in [1.165, 1.54) is 18.2 Å². The minimum atomic E-state index is -0.883. The van der Waals surface area contributed by atoms with Crippen molar-refractivity contribution < 1.29 is 22.8 Å². The molecule has 3 rings (SSSR count). The van der Waals surface area contributed by atoms with Crippen LogP contribution < -0.4 is 10.6 Å². The van der Waals surface area contributed by atoms with Crippen LogP contribution in [-0.2, 0) is 0 Å². The highest BCUT2D eigenvalue weighted by molar-refractivity contribution is 9.10. The molecular weight excluding hydrogens is 410 g/mol. The standard InChI is InChI=1S/C18H11BrF2N2O3/c19-16-7-6-15(26-16)18(25)22-12-3-1-2-10(8-12)17(24)23-14-5-4-11(20)9-13(14)21/h1-9H,(H,22,25)(H,23,24). The van der Waals surface area contributed by atoms with Gasteiger partial charge in [-0.2, -0.15) is 0 Å². The van der Waals surface area contributed by atoms with Crippen LogP contribution in [0.3, 0.4) is 0 Å². The number of hydrogen-bond donors (Lipinski definition) is 2. The minimum absolute atomic E-state index is 0.0973. The Morgan fingerprint density at radius 3 is 2.42 bits per heavy atom. The highest BCUT2D eigenvalue weighted by Gasteiger charge is 2.13. The lowest BCUT2D eigenvalue weighted by Gasteiger charge is -2.08. The van der Waals surface area contributed by atoms with E-state index in [4.69, 9.17) is 4.42 Å². The van der Waals surface area contributed by atoms with E-state index in [1.54, 1.807) is 18.2 Å². The van der Waals surface area contributed by atoms with Gasteiger partial charge in [-0.3, -0.25) is 9.59 Å². The quantitative estimate of drug-likeness (QED) is 0.635. The van der Waals surface area contributed by atoms with E-state index in [0.29, 0.717) is 16.4 Å². The van der Waals surface area contributed by atoms with Crippen molar-refractivity contribution in [3.63, 3.8) is 0 Å². The molecule has 26 heavy (non-hydrogen) atoms. The first-order valence-electron chi connectivity index (χ1n) is 7.35. The third kappa shape index (κ3) is 4.15. The molecule has 0 spiro atoms. The molecule has 2 amide bonds. The molecule has 0 radical (unpaired) electrons. The number of furan rings is 1. The van der Waals surface area contributed by atoms with Crippen LogP contribution in [0, 0.1) is 11.6 Å². The van der Waals surface area contributed by atoms with Crippen molar-refractivity contribution in [2.75, 3.05) is 10.6 Å². The van der Waals surface area contributed by atoms with Crippen LogP contribution in [0.5, 0.6) is 0 Å². The van der Waals surface area contributed by atoms with Crippen molar-refractivity contribution in [3.05, 3.63) is 82.2 Å². The van der Waals surface area contributed by atoms with Gasteiger partial charge in [0.1, 0.15) is 11.6 Å². The summed E-state index contributed by atoms with van der Waals surface area (Å²) >= 11 is 3.10. The van der Waals surface area contributed by atoms with Gasteiger partial charge < -0.3 is 15.1 Å². The van der Waals surface area contributed by atoms with Crippen molar-refractivity contribution in [1.82, 2.24) is 0 Å². The Labute approximate surface area is 155 Å². The Morgan fingerprint density at radius 2 is 1.73 bits per heavy atom. The van der Waals surface area contributed by atoms with Crippen molar-refractivity contribution in [2.24, 2.45) is 0 Å². The molecule has 0 unspecified atom stereocenters. The summed E-state index contributed by atoms with van der Waals surface area (Å²) in [6.07, 6.45) is 0. The normalized spacial score (nSPS) is 10.4. The van der Waals surface area contributed by atoms with Gasteiger partial charge in [0, 0.05) is 17.3 Å². The molecule has 132 valence electrons. The molecule has 5 nitrogen and oxygen atoms in total. The highest BCUT2D eigenvalue weighted by Crippen LogP contribution is 2.19. The zero-order valence-corrected chi connectivity index (χ0v) is 14.6. The molecular formula is C18H11BrF2N2O3. The van der Waals surface area contributed by atoms with E-state index in [1.807, 2.05) is 0 Å². The predicted molar refractivity (Wildman–Crippen MR) is 95.1 cm³/mol. The highest BCUT2D eigenvalue weighted by atomic mass is 79.9. The maximum Gasteiger partial charge on any atom is 0.291 e. The van der Waals surface area contributed by atoms with E-state index in [2.05, 4.69) is 26.6 Å². The average molecular weight is 421 g/mol. The zero-order chi connectivity index (χ0) is 18.7. The molecule has 0 aliphatic rings. The van der Waals surface area contributed by atoms with Crippen molar-refractivity contribution in [3.8, 4) is 0 Å². The third-order valence-corrected chi connectivity index (χ3v) is 3.79. The number of halogens is 3. The van der Waals surface area contributed by atoms with Crippen molar-refractivity contribution in [1.29, 1.82) is 0 Å². The molecule has 0 saturated carbocycles. The average Bonchev–Trinajstić information content (AvgIpc) is 3.04. The Balaban J connectivity index is 1.74. The smallest absolute Gasteiger partial charge is 0.291 e. The molecule has 0 aliphatic heterocycles. The summed E-state index contributed by atoms with van der Waals surface area (Å²) in [5.41, 5.74) is 0.396. The molecule has 0 aliphatic carbocycles. The third-order valence-electron chi connectivity index (χ3n) is 3.36. The molecule has 0 atom stereocenters. The fraction of sp³-hybridized carbons (Fsp3) is 0. The fourth-order valence-corrected chi connectivity index (χ4v) is 2.46. The van der Waals surface area contributed by atoms with Crippen LogP contribution in [0.4, 0.5) is 20.2 Å². The maximum atomic E-state index is 13.6. The second-order valence-corrected chi connectivity index (χ2v) is 6.00. The van der Waals surface area contributed by atoms with Gasteiger partial charge in [-0.05, 0) is 58.4 Å². The summed E-state index contributed by atoms with van der Waals surface area (Å²) in [7, 11) is 0. The van der Waals surface area contributed by atoms with E-state index < -0.39 is 23.4 Å². The van der Waals surface area contributed by atoms with Crippen LogP contribution in [0.15, 0.2) is 63.7 Å². The molecule has 0 bridgehead atoms. The zero-order valence-electron chi connectivity index (χ0n) is 13.1. The van der Waals surface area contributed by atoms with E-state index >= 15 is 0 Å². The lowest BCUT2D eigenvalue weighted by Crippen LogP contribution is -2.15. The largest absolute Gasteiger partial charge is 0.444 e. The molecule has 0 saturated heterocycles. The van der Waals surface area contributed by atoms with Crippen molar-refractivity contribution >= 4 is 39.1 Å². The number of anilines is 2. The van der Waals surface area contributed by atoms with Gasteiger partial charge in [0.25, 0.3) is 11.8 Å². The minimum Gasteiger partial charge on any atom is -0.444 e. The van der Waals surface area contributed by atoms with E-state index in [0.717, 1.165) is 12.1 Å². The summed E-state index contributed by atoms with van der Waals surface area (Å²) in [4.78, 5) is 24.3. The molecule has 0 fully saturated rings. The number of carbonyl (C=O) groups excluding carboxylic acids is 2. The van der Waals surface area contributed by atoms with Gasteiger partial charge in [-0.1, -0.05) is 6.07 Å². The van der Waals surface area contributed by atoms with Crippen LogP contribution in [0.1, 0.15) is 20.9 Å². The first kappa shape index (κ1) is 17.8. The Bertz CT molecular complexity index is 988. The van der Waals surface area contributed by atoms with Gasteiger partial charge in [-0.15, -0.1) is 0 Å². The monoisotopic (exact) mass is 420 g/mol. The number of carbonyl (C=O) groups is 2. The molecule has 8 heteroatoms. The summed E-state index contributed by atoms with van der Waals surface area (Å²) in [5, 5.41) is 4.94. The van der Waals surface area contributed by atoms with Gasteiger partial charge in [0.05, 0.1) is 5.69 Å². The summed E-state index contributed by atoms with van der Waals surface area (Å²) in [6.45, 7) is 0. The Hall–Kier alpha value is -3.00. The second-order valence-electron chi connectivity index (χ2n) is 5.22. The van der Waals surface area contributed by atoms with Gasteiger partial charge in [-0.25, -0.2) is 8.78 Å². The number of nitrogens with one attached hydrogen (secondary N) is 2.